The van der Waals surface area contributed by atoms with E-state index in [4.69, 9.17) is 4.74 Å². The van der Waals surface area contributed by atoms with Gasteiger partial charge in [0, 0.05) is 30.6 Å². The van der Waals surface area contributed by atoms with Crippen LogP contribution in [0.2, 0.25) is 0 Å². The van der Waals surface area contributed by atoms with Crippen molar-refractivity contribution in [1.29, 1.82) is 0 Å². The molecule has 0 saturated carbocycles. The van der Waals surface area contributed by atoms with E-state index in [0.717, 1.165) is 5.56 Å². The van der Waals surface area contributed by atoms with Crippen LogP contribution in [0.1, 0.15) is 37.3 Å². The smallest absolute Gasteiger partial charge is 0.247 e. The Bertz CT molecular complexity index is 1100. The zero-order valence-electron chi connectivity index (χ0n) is 19.9. The van der Waals surface area contributed by atoms with Crippen LogP contribution in [0.3, 0.4) is 0 Å². The van der Waals surface area contributed by atoms with Gasteiger partial charge < -0.3 is 25.2 Å². The fourth-order valence-corrected chi connectivity index (χ4v) is 4.80. The molecule has 2 aliphatic rings. The number of hydrogen-bond donors (Lipinski definition) is 3. The highest BCUT2D eigenvalue weighted by Gasteiger charge is 2.50. The molecule has 0 fully saturated rings. The van der Waals surface area contributed by atoms with Gasteiger partial charge in [0.1, 0.15) is 23.8 Å². The SMILES string of the molecule is CC(C)CC(=O)N(Cc1ccc(F)cc1)C1C=C(C(=O)NCCO)C2c3ccccc3OC2C1O. The topological polar surface area (TPSA) is 99.1 Å². The standard InChI is InChI=1S/C27H31FN2O5/c1-16(2)13-23(32)30(15-17-7-9-18(28)10-8-17)21-14-20(27(34)29-11-12-31)24-19-5-3-4-6-22(19)35-26(24)25(21)33/h3-10,14,16,21,24-26,31,33H,11-13,15H2,1-2H3,(H,29,34). The fraction of sp³-hybridized carbons (Fsp3) is 0.407. The summed E-state index contributed by atoms with van der Waals surface area (Å²) in [4.78, 5) is 28.1. The van der Waals surface area contributed by atoms with E-state index in [2.05, 4.69) is 5.32 Å². The van der Waals surface area contributed by atoms with Crippen molar-refractivity contribution in [2.75, 3.05) is 13.2 Å². The molecular formula is C27H31FN2O5. The van der Waals surface area contributed by atoms with Crippen molar-refractivity contribution in [3.05, 3.63) is 77.1 Å². The highest BCUT2D eigenvalue weighted by atomic mass is 19.1. The number of benzene rings is 2. The van der Waals surface area contributed by atoms with E-state index < -0.39 is 24.2 Å². The summed E-state index contributed by atoms with van der Waals surface area (Å²) >= 11 is 0. The zero-order chi connectivity index (χ0) is 25.1. The number of aliphatic hydroxyl groups excluding tert-OH is 2. The number of ether oxygens (including phenoxy) is 1. The van der Waals surface area contributed by atoms with Gasteiger partial charge in [-0.25, -0.2) is 4.39 Å². The van der Waals surface area contributed by atoms with E-state index >= 15 is 0 Å². The molecule has 4 unspecified atom stereocenters. The minimum Gasteiger partial charge on any atom is -0.486 e. The molecule has 0 aromatic heterocycles. The van der Waals surface area contributed by atoms with Gasteiger partial charge in [0.15, 0.2) is 0 Å². The number of para-hydroxylation sites is 1. The van der Waals surface area contributed by atoms with Crippen LogP contribution in [0.4, 0.5) is 4.39 Å². The lowest BCUT2D eigenvalue weighted by molar-refractivity contribution is -0.138. The number of fused-ring (bicyclic) bond motifs is 3. The normalized spacial score (nSPS) is 22.6. The predicted molar refractivity (Wildman–Crippen MR) is 128 cm³/mol. The molecule has 0 spiro atoms. The molecule has 186 valence electrons. The molecule has 4 rings (SSSR count). The Morgan fingerprint density at radius 3 is 2.54 bits per heavy atom. The van der Waals surface area contributed by atoms with E-state index in [9.17, 15) is 24.2 Å². The number of nitrogens with one attached hydrogen (secondary N) is 1. The second-order valence-electron chi connectivity index (χ2n) is 9.43. The first-order valence-corrected chi connectivity index (χ1v) is 11.9. The molecule has 1 aliphatic carbocycles. The molecule has 35 heavy (non-hydrogen) atoms. The molecule has 2 aromatic rings. The fourth-order valence-electron chi connectivity index (χ4n) is 4.80. The third-order valence-electron chi connectivity index (χ3n) is 6.41. The first-order valence-electron chi connectivity index (χ1n) is 11.9. The maximum absolute atomic E-state index is 13.5. The molecule has 2 aromatic carbocycles. The van der Waals surface area contributed by atoms with Gasteiger partial charge in [0.05, 0.1) is 18.6 Å². The van der Waals surface area contributed by atoms with Crippen molar-refractivity contribution in [2.24, 2.45) is 5.92 Å². The molecule has 4 atom stereocenters. The lowest BCUT2D eigenvalue weighted by atomic mass is 9.77. The summed E-state index contributed by atoms with van der Waals surface area (Å²) in [6, 6.07) is 12.3. The average Bonchev–Trinajstić information content (AvgIpc) is 3.22. The van der Waals surface area contributed by atoms with E-state index in [1.165, 1.54) is 12.1 Å². The van der Waals surface area contributed by atoms with Crippen LogP contribution in [0, 0.1) is 11.7 Å². The lowest BCUT2D eigenvalue weighted by Gasteiger charge is -2.41. The number of amides is 2. The Kier molecular flexibility index (Phi) is 7.52. The number of rotatable bonds is 8. The van der Waals surface area contributed by atoms with Gasteiger partial charge in [-0.3, -0.25) is 9.59 Å². The van der Waals surface area contributed by atoms with E-state index in [1.807, 2.05) is 32.0 Å². The van der Waals surface area contributed by atoms with Crippen LogP contribution in [-0.2, 0) is 16.1 Å². The Balaban J connectivity index is 1.75. The number of nitrogens with zero attached hydrogens (tertiary/aromatic N) is 1. The summed E-state index contributed by atoms with van der Waals surface area (Å²) in [6.45, 7) is 3.87. The third kappa shape index (κ3) is 5.23. The first-order chi connectivity index (χ1) is 16.8. The van der Waals surface area contributed by atoms with Crippen LogP contribution in [-0.4, -0.2) is 58.3 Å². The summed E-state index contributed by atoms with van der Waals surface area (Å²) in [5, 5.41) is 23.4. The van der Waals surface area contributed by atoms with Crippen molar-refractivity contribution in [3.8, 4) is 5.75 Å². The van der Waals surface area contributed by atoms with Crippen LogP contribution in [0.5, 0.6) is 5.75 Å². The lowest BCUT2D eigenvalue weighted by Crippen LogP contribution is -2.55. The summed E-state index contributed by atoms with van der Waals surface area (Å²) in [7, 11) is 0. The molecule has 2 amide bonds. The number of carbonyl (C=O) groups is 2. The highest BCUT2D eigenvalue weighted by Crippen LogP contribution is 2.47. The van der Waals surface area contributed by atoms with E-state index in [1.54, 1.807) is 29.2 Å². The average molecular weight is 483 g/mol. The van der Waals surface area contributed by atoms with E-state index in [0.29, 0.717) is 16.9 Å². The second-order valence-corrected chi connectivity index (χ2v) is 9.43. The Morgan fingerprint density at radius 1 is 1.14 bits per heavy atom. The monoisotopic (exact) mass is 482 g/mol. The summed E-state index contributed by atoms with van der Waals surface area (Å²) in [5.41, 5.74) is 1.87. The van der Waals surface area contributed by atoms with Gasteiger partial charge in [0.2, 0.25) is 11.8 Å². The largest absolute Gasteiger partial charge is 0.486 e. The quantitative estimate of drug-likeness (QED) is 0.537. The minimum absolute atomic E-state index is 0.0782. The van der Waals surface area contributed by atoms with Crippen LogP contribution >= 0.6 is 0 Å². The number of halogens is 1. The number of hydrogen-bond acceptors (Lipinski definition) is 5. The molecule has 3 N–H and O–H groups in total. The van der Waals surface area contributed by atoms with Gasteiger partial charge in [-0.05, 0) is 35.8 Å². The van der Waals surface area contributed by atoms with Crippen LogP contribution < -0.4 is 10.1 Å². The molecule has 0 radical (unpaired) electrons. The second kappa shape index (κ2) is 10.6. The third-order valence-corrected chi connectivity index (χ3v) is 6.41. The van der Waals surface area contributed by atoms with Gasteiger partial charge in [-0.15, -0.1) is 0 Å². The summed E-state index contributed by atoms with van der Waals surface area (Å²) in [5.74, 6) is -0.798. The Labute approximate surface area is 204 Å². The molecule has 1 heterocycles. The Hall–Kier alpha value is -3.23. The maximum Gasteiger partial charge on any atom is 0.247 e. The maximum atomic E-state index is 13.5. The molecule has 0 bridgehead atoms. The molecule has 7 nitrogen and oxygen atoms in total. The first kappa shape index (κ1) is 24.9. The van der Waals surface area contributed by atoms with Crippen molar-refractivity contribution in [3.63, 3.8) is 0 Å². The van der Waals surface area contributed by atoms with Crippen molar-refractivity contribution in [2.45, 2.75) is 51.0 Å². The van der Waals surface area contributed by atoms with E-state index in [-0.39, 0.29) is 49.7 Å². The number of carbonyl (C=O) groups excluding carboxylic acids is 2. The van der Waals surface area contributed by atoms with Crippen molar-refractivity contribution in [1.82, 2.24) is 10.2 Å². The van der Waals surface area contributed by atoms with Crippen molar-refractivity contribution >= 4 is 11.8 Å². The van der Waals surface area contributed by atoms with Crippen LogP contribution in [0.25, 0.3) is 0 Å². The molecule has 8 heteroatoms. The number of aliphatic hydroxyl groups is 2. The van der Waals surface area contributed by atoms with Gasteiger partial charge in [-0.1, -0.05) is 44.2 Å². The molecular weight excluding hydrogens is 451 g/mol. The highest BCUT2D eigenvalue weighted by molar-refractivity contribution is 5.96. The summed E-state index contributed by atoms with van der Waals surface area (Å²) < 4.78 is 19.6. The van der Waals surface area contributed by atoms with Gasteiger partial charge in [0.25, 0.3) is 0 Å². The van der Waals surface area contributed by atoms with Gasteiger partial charge >= 0.3 is 0 Å². The molecule has 1 aliphatic heterocycles. The predicted octanol–water partition coefficient (Wildman–Crippen LogP) is 2.52. The Morgan fingerprint density at radius 2 is 1.86 bits per heavy atom. The minimum atomic E-state index is -1.10. The van der Waals surface area contributed by atoms with Gasteiger partial charge in [-0.2, -0.15) is 0 Å². The molecule has 0 saturated heterocycles. The van der Waals surface area contributed by atoms with Crippen LogP contribution in [0.15, 0.2) is 60.2 Å². The van der Waals surface area contributed by atoms with Crippen molar-refractivity contribution < 1.29 is 28.9 Å². The zero-order valence-corrected chi connectivity index (χ0v) is 19.9. The summed E-state index contributed by atoms with van der Waals surface area (Å²) in [6.07, 6.45) is 0.0313.